The van der Waals surface area contributed by atoms with Gasteiger partial charge in [0, 0.05) is 12.6 Å². The van der Waals surface area contributed by atoms with Crippen LogP contribution >= 0.6 is 0 Å². The van der Waals surface area contributed by atoms with Crippen molar-refractivity contribution in [3.05, 3.63) is 33.9 Å². The number of rotatable bonds is 7. The molecule has 1 saturated carbocycles. The quantitative estimate of drug-likeness (QED) is 0.596. The number of nitrogens with one attached hydrogen (secondary N) is 1. The fourth-order valence-electron chi connectivity index (χ4n) is 2.60. The molecule has 21 heavy (non-hydrogen) atoms. The largest absolute Gasteiger partial charge is 0.484 e. The van der Waals surface area contributed by atoms with Gasteiger partial charge in [0.15, 0.2) is 5.75 Å². The van der Waals surface area contributed by atoms with Gasteiger partial charge in [-0.1, -0.05) is 25.8 Å². The number of nitro groups is 1. The monoisotopic (exact) mass is 294 g/mol. The lowest BCUT2D eigenvalue weighted by Crippen LogP contribution is -2.32. The van der Waals surface area contributed by atoms with Crippen LogP contribution in [0.4, 0.5) is 5.69 Å². The Labute approximate surface area is 124 Å². The average molecular weight is 294 g/mol. The number of aliphatic hydroxyl groups is 1. The van der Waals surface area contributed by atoms with E-state index in [0.29, 0.717) is 19.4 Å². The second-order valence-electron chi connectivity index (χ2n) is 5.56. The Balaban J connectivity index is 2.08. The Morgan fingerprint density at radius 1 is 1.43 bits per heavy atom. The first-order valence-corrected chi connectivity index (χ1v) is 7.37. The highest BCUT2D eigenvalue weighted by atomic mass is 16.6. The molecule has 0 amide bonds. The van der Waals surface area contributed by atoms with Crippen LogP contribution in [0, 0.1) is 10.1 Å². The summed E-state index contributed by atoms with van der Waals surface area (Å²) in [6, 6.07) is 4.95. The summed E-state index contributed by atoms with van der Waals surface area (Å²) in [5.41, 5.74) is -0.0430. The van der Waals surface area contributed by atoms with Crippen molar-refractivity contribution in [3.63, 3.8) is 0 Å². The van der Waals surface area contributed by atoms with Gasteiger partial charge in [-0.3, -0.25) is 10.1 Å². The van der Waals surface area contributed by atoms with E-state index in [0.717, 1.165) is 24.9 Å². The van der Waals surface area contributed by atoms with Crippen LogP contribution in [0.5, 0.6) is 5.75 Å². The Bertz CT molecular complexity index is 498. The van der Waals surface area contributed by atoms with Gasteiger partial charge >= 0.3 is 5.69 Å². The second kappa shape index (κ2) is 6.87. The Morgan fingerprint density at radius 2 is 2.14 bits per heavy atom. The zero-order chi connectivity index (χ0) is 15.3. The molecule has 116 valence electrons. The van der Waals surface area contributed by atoms with Crippen LogP contribution in [0.3, 0.4) is 0 Å². The first kappa shape index (κ1) is 15.7. The molecule has 6 nitrogen and oxygen atoms in total. The number of benzene rings is 1. The number of hydrogen-bond acceptors (Lipinski definition) is 5. The van der Waals surface area contributed by atoms with Crippen molar-refractivity contribution < 1.29 is 14.8 Å². The summed E-state index contributed by atoms with van der Waals surface area (Å²) < 4.78 is 5.53. The van der Waals surface area contributed by atoms with Gasteiger partial charge in [0.05, 0.1) is 10.5 Å². The molecular formula is C15H22N2O4. The van der Waals surface area contributed by atoms with Gasteiger partial charge in [0.1, 0.15) is 6.61 Å². The van der Waals surface area contributed by atoms with E-state index >= 15 is 0 Å². The van der Waals surface area contributed by atoms with E-state index in [-0.39, 0.29) is 18.0 Å². The molecule has 0 unspecified atom stereocenters. The zero-order valence-electron chi connectivity index (χ0n) is 12.3. The number of ether oxygens (including phenoxy) is 1. The predicted octanol–water partition coefficient (Wildman–Crippen LogP) is 2.39. The van der Waals surface area contributed by atoms with Crippen LogP contribution < -0.4 is 10.1 Å². The van der Waals surface area contributed by atoms with Crippen LogP contribution in [-0.4, -0.2) is 28.8 Å². The van der Waals surface area contributed by atoms with Crippen molar-refractivity contribution in [1.82, 2.24) is 5.32 Å². The first-order valence-electron chi connectivity index (χ1n) is 7.37. The average Bonchev–Trinajstić information content (AvgIpc) is 2.90. The Hall–Kier alpha value is -1.66. The lowest BCUT2D eigenvalue weighted by molar-refractivity contribution is -0.386. The van der Waals surface area contributed by atoms with Gasteiger partial charge in [-0.15, -0.1) is 0 Å². The molecule has 6 heteroatoms. The molecule has 0 heterocycles. The maximum Gasteiger partial charge on any atom is 0.311 e. The molecule has 0 saturated heterocycles. The van der Waals surface area contributed by atoms with Crippen molar-refractivity contribution in [2.45, 2.75) is 44.8 Å². The standard InChI is InChI=1S/C15H22N2O4/c1-2-16-10-12-5-6-14(13(9-12)17(19)20)21-11-15(18)7-3-4-8-15/h5-6,9,16,18H,2-4,7-8,10-11H2,1H3. The predicted molar refractivity (Wildman–Crippen MR) is 79.4 cm³/mol. The van der Waals surface area contributed by atoms with Gasteiger partial charge in [0.2, 0.25) is 0 Å². The third-order valence-electron chi connectivity index (χ3n) is 3.83. The zero-order valence-corrected chi connectivity index (χ0v) is 12.3. The highest BCUT2D eigenvalue weighted by Crippen LogP contribution is 2.33. The summed E-state index contributed by atoms with van der Waals surface area (Å²) in [5.74, 6) is 0.223. The summed E-state index contributed by atoms with van der Waals surface area (Å²) >= 11 is 0. The smallest absolute Gasteiger partial charge is 0.311 e. The minimum absolute atomic E-state index is 0.0491. The molecule has 1 aliphatic carbocycles. The van der Waals surface area contributed by atoms with E-state index in [1.54, 1.807) is 6.07 Å². The third kappa shape index (κ3) is 4.15. The molecule has 2 rings (SSSR count). The number of hydrogen-bond donors (Lipinski definition) is 2. The molecule has 0 radical (unpaired) electrons. The molecule has 1 aromatic carbocycles. The van der Waals surface area contributed by atoms with Gasteiger partial charge in [-0.25, -0.2) is 0 Å². The molecule has 0 aromatic heterocycles. The molecule has 1 aliphatic rings. The molecule has 0 aliphatic heterocycles. The lowest BCUT2D eigenvalue weighted by atomic mass is 10.0. The summed E-state index contributed by atoms with van der Waals surface area (Å²) in [6.07, 6.45) is 3.34. The van der Waals surface area contributed by atoms with Gasteiger partial charge in [0.25, 0.3) is 0 Å². The first-order chi connectivity index (χ1) is 10.0. The van der Waals surface area contributed by atoms with Crippen LogP contribution in [0.25, 0.3) is 0 Å². The molecular weight excluding hydrogens is 272 g/mol. The molecule has 0 spiro atoms. The highest BCUT2D eigenvalue weighted by Gasteiger charge is 2.32. The van der Waals surface area contributed by atoms with Crippen LogP contribution in [-0.2, 0) is 6.54 Å². The normalized spacial score (nSPS) is 16.9. The van der Waals surface area contributed by atoms with Crippen molar-refractivity contribution in [2.75, 3.05) is 13.2 Å². The molecule has 1 aromatic rings. The Kier molecular flexibility index (Phi) is 5.14. The van der Waals surface area contributed by atoms with Crippen molar-refractivity contribution >= 4 is 5.69 Å². The van der Waals surface area contributed by atoms with Crippen molar-refractivity contribution in [2.24, 2.45) is 0 Å². The molecule has 1 fully saturated rings. The van der Waals surface area contributed by atoms with Crippen molar-refractivity contribution in [1.29, 1.82) is 0 Å². The lowest BCUT2D eigenvalue weighted by Gasteiger charge is -2.22. The minimum Gasteiger partial charge on any atom is -0.484 e. The third-order valence-corrected chi connectivity index (χ3v) is 3.83. The van der Waals surface area contributed by atoms with Gasteiger partial charge in [-0.05, 0) is 31.0 Å². The van der Waals surface area contributed by atoms with E-state index in [1.807, 2.05) is 13.0 Å². The van der Waals surface area contributed by atoms with E-state index in [2.05, 4.69) is 5.32 Å². The van der Waals surface area contributed by atoms with Crippen LogP contribution in [0.1, 0.15) is 38.2 Å². The van der Waals surface area contributed by atoms with E-state index in [4.69, 9.17) is 4.74 Å². The van der Waals surface area contributed by atoms with Crippen LogP contribution in [0.2, 0.25) is 0 Å². The van der Waals surface area contributed by atoms with Crippen LogP contribution in [0.15, 0.2) is 18.2 Å². The fourth-order valence-corrected chi connectivity index (χ4v) is 2.60. The maximum absolute atomic E-state index is 11.2. The number of nitro benzene ring substituents is 1. The van der Waals surface area contributed by atoms with Crippen molar-refractivity contribution in [3.8, 4) is 5.75 Å². The highest BCUT2D eigenvalue weighted by molar-refractivity contribution is 5.48. The Morgan fingerprint density at radius 3 is 2.76 bits per heavy atom. The number of nitrogens with zero attached hydrogens (tertiary/aromatic N) is 1. The summed E-state index contributed by atoms with van der Waals surface area (Å²) in [6.45, 7) is 3.48. The maximum atomic E-state index is 11.2. The second-order valence-corrected chi connectivity index (χ2v) is 5.56. The SMILES string of the molecule is CCNCc1ccc(OCC2(O)CCCC2)c([N+](=O)[O-])c1. The van der Waals surface area contributed by atoms with Gasteiger partial charge < -0.3 is 15.2 Å². The fraction of sp³-hybridized carbons (Fsp3) is 0.600. The molecule has 2 N–H and O–H groups in total. The summed E-state index contributed by atoms with van der Waals surface area (Å²) in [4.78, 5) is 10.7. The molecule has 0 atom stereocenters. The summed E-state index contributed by atoms with van der Waals surface area (Å²) in [7, 11) is 0. The summed E-state index contributed by atoms with van der Waals surface area (Å²) in [5, 5.41) is 24.5. The molecule has 0 bridgehead atoms. The minimum atomic E-state index is -0.837. The van der Waals surface area contributed by atoms with E-state index in [1.165, 1.54) is 6.07 Å². The van der Waals surface area contributed by atoms with E-state index < -0.39 is 10.5 Å². The van der Waals surface area contributed by atoms with Gasteiger partial charge in [-0.2, -0.15) is 0 Å². The topological polar surface area (TPSA) is 84.6 Å². The van der Waals surface area contributed by atoms with E-state index in [9.17, 15) is 15.2 Å².